The van der Waals surface area contributed by atoms with Crippen molar-refractivity contribution in [1.29, 1.82) is 5.26 Å². The van der Waals surface area contributed by atoms with Gasteiger partial charge in [0.05, 0.1) is 17.3 Å². The molecule has 2 aromatic rings. The molecule has 4 rings (SSSR count). The number of hydrogen-bond acceptors (Lipinski definition) is 6. The van der Waals surface area contributed by atoms with Gasteiger partial charge in [-0.25, -0.2) is 0 Å². The second kappa shape index (κ2) is 11.5. The lowest BCUT2D eigenvalue weighted by molar-refractivity contribution is -0.153. The molecule has 2 amide bonds. The van der Waals surface area contributed by atoms with Gasteiger partial charge in [0.1, 0.15) is 6.07 Å². The van der Waals surface area contributed by atoms with Crippen LogP contribution in [0.4, 0.5) is 5.69 Å². The maximum absolute atomic E-state index is 13.0. The summed E-state index contributed by atoms with van der Waals surface area (Å²) in [6, 6.07) is 19.2. The largest absolute Gasteiger partial charge is 0.380 e. The number of carbonyl (C=O) groups excluding carboxylic acids is 2. The van der Waals surface area contributed by atoms with Gasteiger partial charge in [0.2, 0.25) is 0 Å². The zero-order valence-corrected chi connectivity index (χ0v) is 20.6. The molecule has 2 aliphatic heterocycles. The number of anilines is 1. The quantitative estimate of drug-likeness (QED) is 0.548. The molecule has 0 aliphatic carbocycles. The summed E-state index contributed by atoms with van der Waals surface area (Å²) < 4.78 is 0. The number of nitrogens with one attached hydrogen (secondary N) is 1. The number of hydrogen-bond donors (Lipinski definition) is 3. The molecule has 2 aromatic carbocycles. The van der Waals surface area contributed by atoms with Crippen molar-refractivity contribution < 1.29 is 19.8 Å². The summed E-state index contributed by atoms with van der Waals surface area (Å²) in [7, 11) is 0. The Morgan fingerprint density at radius 3 is 2.50 bits per heavy atom. The Morgan fingerprint density at radius 1 is 1.06 bits per heavy atom. The molecule has 36 heavy (non-hydrogen) atoms. The standard InChI is InChI=1S/C28H34N4O4/c1-19-18-31(23-11-6-5-10-21(23)16-29)15-13-22(19)17-30-27(35)25(33)26(34)28(36)32-14-7-12-24(32)20-8-3-2-4-9-20/h2-6,8-11,19,22,24-26,33-34H,7,12-15,17-18H2,1H3,(H,30,35)/t19-,22?,24+,25+,26+/m0/s1. The first-order valence-corrected chi connectivity index (χ1v) is 12.6. The Hall–Kier alpha value is -3.41. The molecule has 2 saturated heterocycles. The number of aliphatic hydroxyl groups is 2. The Bertz CT molecular complexity index is 1100. The van der Waals surface area contributed by atoms with Gasteiger partial charge < -0.3 is 25.3 Å². The number of amides is 2. The maximum atomic E-state index is 13.0. The topological polar surface area (TPSA) is 117 Å². The van der Waals surface area contributed by atoms with Gasteiger partial charge in [-0.05, 0) is 48.8 Å². The normalized spacial score (nSPS) is 23.6. The summed E-state index contributed by atoms with van der Waals surface area (Å²) in [5, 5.41) is 33.1. The number of benzene rings is 2. The van der Waals surface area contributed by atoms with Gasteiger partial charge in [-0.1, -0.05) is 49.4 Å². The summed E-state index contributed by atoms with van der Waals surface area (Å²) in [4.78, 5) is 29.4. The lowest BCUT2D eigenvalue weighted by Crippen LogP contribution is -2.52. The summed E-state index contributed by atoms with van der Waals surface area (Å²) in [6.45, 7) is 4.43. The molecule has 5 atom stereocenters. The smallest absolute Gasteiger partial charge is 0.255 e. The van der Waals surface area contributed by atoms with Crippen molar-refractivity contribution >= 4 is 17.5 Å². The molecule has 190 valence electrons. The summed E-state index contributed by atoms with van der Waals surface area (Å²) >= 11 is 0. The SMILES string of the molecule is C[C@H]1CN(c2ccccc2C#N)CCC1CNC(=O)[C@H](O)[C@@H](O)C(=O)N1CCC[C@@H]1c1ccccc1. The Morgan fingerprint density at radius 2 is 1.78 bits per heavy atom. The number of likely N-dealkylation sites (tertiary alicyclic amines) is 1. The van der Waals surface area contributed by atoms with E-state index in [9.17, 15) is 25.1 Å². The summed E-state index contributed by atoms with van der Waals surface area (Å²) in [5.74, 6) is -0.941. The molecule has 1 unspecified atom stereocenters. The molecule has 8 heteroatoms. The van der Waals surface area contributed by atoms with Crippen LogP contribution in [0.2, 0.25) is 0 Å². The van der Waals surface area contributed by atoms with Gasteiger partial charge in [-0.15, -0.1) is 0 Å². The van der Waals surface area contributed by atoms with Crippen LogP contribution in [0.3, 0.4) is 0 Å². The lowest BCUT2D eigenvalue weighted by atomic mass is 9.86. The molecule has 0 radical (unpaired) electrons. The summed E-state index contributed by atoms with van der Waals surface area (Å²) in [6.07, 6.45) is -1.25. The molecule has 2 aliphatic rings. The fraction of sp³-hybridized carbons (Fsp3) is 0.464. The molecule has 3 N–H and O–H groups in total. The highest BCUT2D eigenvalue weighted by molar-refractivity contribution is 5.91. The van der Waals surface area contributed by atoms with Crippen LogP contribution in [0.1, 0.15) is 43.4 Å². The van der Waals surface area contributed by atoms with Crippen molar-refractivity contribution in [2.75, 3.05) is 31.1 Å². The third kappa shape index (κ3) is 5.53. The van der Waals surface area contributed by atoms with E-state index in [0.717, 1.165) is 43.6 Å². The van der Waals surface area contributed by atoms with Crippen LogP contribution in [-0.2, 0) is 9.59 Å². The van der Waals surface area contributed by atoms with Crippen LogP contribution in [0, 0.1) is 23.2 Å². The monoisotopic (exact) mass is 490 g/mol. The number of aliphatic hydroxyl groups excluding tert-OH is 2. The fourth-order valence-electron chi connectivity index (χ4n) is 5.40. The highest BCUT2D eigenvalue weighted by Crippen LogP contribution is 2.32. The van der Waals surface area contributed by atoms with Crippen molar-refractivity contribution in [2.24, 2.45) is 11.8 Å². The van der Waals surface area contributed by atoms with Gasteiger partial charge in [0.15, 0.2) is 12.2 Å². The first kappa shape index (κ1) is 25.7. The van der Waals surface area contributed by atoms with Crippen LogP contribution in [0.5, 0.6) is 0 Å². The van der Waals surface area contributed by atoms with E-state index >= 15 is 0 Å². The van der Waals surface area contributed by atoms with Crippen molar-refractivity contribution in [2.45, 2.75) is 44.4 Å². The first-order valence-electron chi connectivity index (χ1n) is 12.6. The zero-order valence-electron chi connectivity index (χ0n) is 20.6. The minimum absolute atomic E-state index is 0.166. The number of nitrogens with zero attached hydrogens (tertiary/aromatic N) is 3. The minimum Gasteiger partial charge on any atom is -0.380 e. The highest BCUT2D eigenvalue weighted by atomic mass is 16.3. The predicted molar refractivity (Wildman–Crippen MR) is 136 cm³/mol. The average molecular weight is 491 g/mol. The zero-order chi connectivity index (χ0) is 25.7. The first-order chi connectivity index (χ1) is 17.4. The predicted octanol–water partition coefficient (Wildman–Crippen LogP) is 2.22. The summed E-state index contributed by atoms with van der Waals surface area (Å²) in [5.41, 5.74) is 2.54. The van der Waals surface area contributed by atoms with Crippen LogP contribution in [-0.4, -0.2) is 65.3 Å². The number of nitriles is 1. The number of rotatable bonds is 7. The van der Waals surface area contributed by atoms with E-state index in [1.165, 1.54) is 0 Å². The van der Waals surface area contributed by atoms with E-state index in [0.29, 0.717) is 18.7 Å². The van der Waals surface area contributed by atoms with Crippen molar-refractivity contribution in [1.82, 2.24) is 10.2 Å². The molecule has 0 bridgehead atoms. The van der Waals surface area contributed by atoms with Crippen LogP contribution < -0.4 is 10.2 Å². The number of para-hydroxylation sites is 1. The number of carbonyl (C=O) groups is 2. The van der Waals surface area contributed by atoms with Crippen molar-refractivity contribution in [3.63, 3.8) is 0 Å². The van der Waals surface area contributed by atoms with Gasteiger partial charge in [0, 0.05) is 26.2 Å². The van der Waals surface area contributed by atoms with Gasteiger partial charge in [0.25, 0.3) is 11.8 Å². The van der Waals surface area contributed by atoms with E-state index in [1.807, 2.05) is 54.6 Å². The fourth-order valence-corrected chi connectivity index (χ4v) is 5.40. The maximum Gasteiger partial charge on any atom is 0.255 e. The van der Waals surface area contributed by atoms with E-state index in [2.05, 4.69) is 23.2 Å². The van der Waals surface area contributed by atoms with Crippen LogP contribution in [0.25, 0.3) is 0 Å². The van der Waals surface area contributed by atoms with Gasteiger partial charge >= 0.3 is 0 Å². The van der Waals surface area contributed by atoms with E-state index in [-0.39, 0.29) is 17.9 Å². The van der Waals surface area contributed by atoms with E-state index < -0.39 is 24.0 Å². The second-order valence-corrected chi connectivity index (χ2v) is 9.84. The lowest BCUT2D eigenvalue weighted by Gasteiger charge is -2.38. The van der Waals surface area contributed by atoms with Crippen molar-refractivity contribution in [3.8, 4) is 6.07 Å². The number of piperidine rings is 1. The van der Waals surface area contributed by atoms with Gasteiger partial charge in [-0.3, -0.25) is 9.59 Å². The van der Waals surface area contributed by atoms with Crippen molar-refractivity contribution in [3.05, 3.63) is 65.7 Å². The second-order valence-electron chi connectivity index (χ2n) is 9.84. The molecule has 0 aromatic heterocycles. The third-order valence-electron chi connectivity index (χ3n) is 7.53. The third-order valence-corrected chi connectivity index (χ3v) is 7.53. The van der Waals surface area contributed by atoms with Crippen LogP contribution in [0.15, 0.2) is 54.6 Å². The molecule has 2 heterocycles. The molecular weight excluding hydrogens is 456 g/mol. The Balaban J connectivity index is 1.29. The Labute approximate surface area is 212 Å². The molecular formula is C28H34N4O4. The average Bonchev–Trinajstić information content (AvgIpc) is 3.41. The molecule has 8 nitrogen and oxygen atoms in total. The molecule has 0 saturated carbocycles. The molecule has 2 fully saturated rings. The highest BCUT2D eigenvalue weighted by Gasteiger charge is 2.38. The molecule has 0 spiro atoms. The van der Waals surface area contributed by atoms with Crippen LogP contribution >= 0.6 is 0 Å². The Kier molecular flexibility index (Phi) is 8.24. The van der Waals surface area contributed by atoms with Gasteiger partial charge in [-0.2, -0.15) is 5.26 Å². The van der Waals surface area contributed by atoms with E-state index in [4.69, 9.17) is 0 Å². The van der Waals surface area contributed by atoms with E-state index in [1.54, 1.807) is 4.90 Å². The minimum atomic E-state index is -1.83.